The Morgan fingerprint density at radius 1 is 1.29 bits per heavy atom. The number of methoxy groups -OCH3 is 2. The summed E-state index contributed by atoms with van der Waals surface area (Å²) in [7, 11) is 3.19. The van der Waals surface area contributed by atoms with Gasteiger partial charge in [0.2, 0.25) is 0 Å². The average molecular weight is 310 g/mol. The molecule has 0 unspecified atom stereocenters. The van der Waals surface area contributed by atoms with Gasteiger partial charge in [-0.25, -0.2) is 4.98 Å². The number of imidazole rings is 1. The zero-order valence-corrected chi connectivity index (χ0v) is 13.0. The van der Waals surface area contributed by atoms with Gasteiger partial charge in [-0.2, -0.15) is 0 Å². The first-order valence-corrected chi connectivity index (χ1v) is 7.22. The molecule has 0 saturated carbocycles. The van der Waals surface area contributed by atoms with Crippen LogP contribution in [-0.2, 0) is 13.0 Å². The molecule has 1 heterocycles. The molecule has 0 amide bonds. The lowest BCUT2D eigenvalue weighted by Gasteiger charge is -2.13. The number of benzene rings is 1. The summed E-state index contributed by atoms with van der Waals surface area (Å²) < 4.78 is 10.5. The number of nitrogens with one attached hydrogen (secondary N) is 2. The second-order valence-electron chi connectivity index (χ2n) is 4.59. The Labute approximate surface area is 129 Å². The van der Waals surface area contributed by atoms with Crippen LogP contribution in [0.4, 0.5) is 0 Å². The van der Waals surface area contributed by atoms with Crippen molar-refractivity contribution < 1.29 is 9.47 Å². The minimum atomic E-state index is 0.578. The van der Waals surface area contributed by atoms with Crippen molar-refractivity contribution in [1.29, 1.82) is 0 Å². The van der Waals surface area contributed by atoms with E-state index in [1.165, 1.54) is 0 Å². The van der Waals surface area contributed by atoms with Gasteiger partial charge < -0.3 is 19.8 Å². The Morgan fingerprint density at radius 3 is 2.81 bits per heavy atom. The summed E-state index contributed by atoms with van der Waals surface area (Å²) in [6, 6.07) is 3.81. The maximum absolute atomic E-state index is 6.33. The summed E-state index contributed by atoms with van der Waals surface area (Å²) in [4.78, 5) is 7.29. The smallest absolute Gasteiger partial charge is 0.179 e. The van der Waals surface area contributed by atoms with Gasteiger partial charge in [-0.3, -0.25) is 0 Å². The summed E-state index contributed by atoms with van der Waals surface area (Å²) in [6.07, 6.45) is 5.55. The van der Waals surface area contributed by atoms with Crippen molar-refractivity contribution in [1.82, 2.24) is 15.3 Å². The second kappa shape index (κ2) is 7.90. The molecule has 6 heteroatoms. The molecule has 2 rings (SSSR count). The zero-order chi connectivity index (χ0) is 15.1. The Morgan fingerprint density at radius 2 is 2.14 bits per heavy atom. The molecule has 1 aromatic heterocycles. The summed E-state index contributed by atoms with van der Waals surface area (Å²) in [5, 5.41) is 3.96. The van der Waals surface area contributed by atoms with E-state index in [1.807, 2.05) is 18.3 Å². The molecule has 0 fully saturated rings. The highest BCUT2D eigenvalue weighted by Gasteiger charge is 2.12. The lowest BCUT2D eigenvalue weighted by Crippen LogP contribution is -2.16. The summed E-state index contributed by atoms with van der Waals surface area (Å²) >= 11 is 6.33. The molecule has 1 aromatic carbocycles. The number of rotatable bonds is 8. The number of aryl methyl sites for hydroxylation is 1. The van der Waals surface area contributed by atoms with Gasteiger partial charge in [0.05, 0.1) is 19.2 Å². The molecule has 0 radical (unpaired) electrons. The van der Waals surface area contributed by atoms with Crippen molar-refractivity contribution in [2.24, 2.45) is 0 Å². The third kappa shape index (κ3) is 4.12. The molecule has 2 aromatic rings. The van der Waals surface area contributed by atoms with Gasteiger partial charge in [-0.05, 0) is 24.6 Å². The number of ether oxygens (including phenoxy) is 2. The third-order valence-electron chi connectivity index (χ3n) is 3.20. The van der Waals surface area contributed by atoms with E-state index in [0.29, 0.717) is 23.1 Å². The average Bonchev–Trinajstić information content (AvgIpc) is 3.01. The predicted octanol–water partition coefficient (Wildman–Crippen LogP) is 2.80. The summed E-state index contributed by atoms with van der Waals surface area (Å²) in [5.74, 6) is 2.24. The molecule has 0 aliphatic rings. The molecular weight excluding hydrogens is 290 g/mol. The first-order valence-electron chi connectivity index (χ1n) is 6.84. The fraction of sp³-hybridized carbons (Fsp3) is 0.400. The van der Waals surface area contributed by atoms with Crippen molar-refractivity contribution in [2.75, 3.05) is 20.8 Å². The molecule has 2 N–H and O–H groups in total. The SMILES string of the molecule is COc1ccc(CNCCCc2ncc[nH]2)c(Cl)c1OC. The second-order valence-corrected chi connectivity index (χ2v) is 4.97. The first kappa shape index (κ1) is 15.7. The van der Waals surface area contributed by atoms with Gasteiger partial charge >= 0.3 is 0 Å². The summed E-state index contributed by atoms with van der Waals surface area (Å²) in [6.45, 7) is 1.59. The van der Waals surface area contributed by atoms with Gasteiger partial charge in [0.1, 0.15) is 5.82 Å². The van der Waals surface area contributed by atoms with Gasteiger partial charge in [-0.15, -0.1) is 0 Å². The molecule has 21 heavy (non-hydrogen) atoms. The quantitative estimate of drug-likeness (QED) is 0.736. The van der Waals surface area contributed by atoms with Gasteiger partial charge in [0.25, 0.3) is 0 Å². The summed E-state index contributed by atoms with van der Waals surface area (Å²) in [5.41, 5.74) is 0.993. The van der Waals surface area contributed by atoms with E-state index < -0.39 is 0 Å². The first-order chi connectivity index (χ1) is 10.3. The molecule has 5 nitrogen and oxygen atoms in total. The van der Waals surface area contributed by atoms with E-state index in [2.05, 4.69) is 15.3 Å². The minimum absolute atomic E-state index is 0.578. The van der Waals surface area contributed by atoms with Gasteiger partial charge in [-0.1, -0.05) is 17.7 Å². The van der Waals surface area contributed by atoms with Crippen LogP contribution >= 0.6 is 11.6 Å². The largest absolute Gasteiger partial charge is 0.493 e. The monoisotopic (exact) mass is 309 g/mol. The molecular formula is C15H20ClN3O2. The Hall–Kier alpha value is -1.72. The highest BCUT2D eigenvalue weighted by molar-refractivity contribution is 6.33. The van der Waals surface area contributed by atoms with Gasteiger partial charge in [0, 0.05) is 25.4 Å². The molecule has 0 atom stereocenters. The lowest BCUT2D eigenvalue weighted by molar-refractivity contribution is 0.354. The van der Waals surface area contributed by atoms with E-state index in [1.54, 1.807) is 20.4 Å². The molecule has 0 saturated heterocycles. The van der Waals surface area contributed by atoms with Crippen LogP contribution in [0.25, 0.3) is 0 Å². The highest BCUT2D eigenvalue weighted by atomic mass is 35.5. The van der Waals surface area contributed by atoms with E-state index in [9.17, 15) is 0 Å². The highest BCUT2D eigenvalue weighted by Crippen LogP contribution is 2.37. The van der Waals surface area contributed by atoms with E-state index in [-0.39, 0.29) is 0 Å². The van der Waals surface area contributed by atoms with Crippen LogP contribution in [0.2, 0.25) is 5.02 Å². The Kier molecular flexibility index (Phi) is 5.90. The van der Waals surface area contributed by atoms with Crippen LogP contribution in [0.5, 0.6) is 11.5 Å². The topological polar surface area (TPSA) is 59.2 Å². The normalized spacial score (nSPS) is 10.6. The Balaban J connectivity index is 1.83. The predicted molar refractivity (Wildman–Crippen MR) is 83.2 cm³/mol. The van der Waals surface area contributed by atoms with Crippen LogP contribution in [0.15, 0.2) is 24.5 Å². The Bertz CT molecular complexity index is 558. The fourth-order valence-electron chi connectivity index (χ4n) is 2.11. The number of hydrogen-bond donors (Lipinski definition) is 2. The van der Waals surface area contributed by atoms with E-state index in [0.717, 1.165) is 30.8 Å². The van der Waals surface area contributed by atoms with Crippen LogP contribution in [0, 0.1) is 0 Å². The lowest BCUT2D eigenvalue weighted by atomic mass is 10.2. The van der Waals surface area contributed by atoms with Crippen LogP contribution in [0.3, 0.4) is 0 Å². The van der Waals surface area contributed by atoms with E-state index >= 15 is 0 Å². The van der Waals surface area contributed by atoms with Crippen molar-refractivity contribution in [3.8, 4) is 11.5 Å². The van der Waals surface area contributed by atoms with Crippen molar-refractivity contribution in [3.63, 3.8) is 0 Å². The fourth-order valence-corrected chi connectivity index (χ4v) is 2.41. The van der Waals surface area contributed by atoms with Crippen molar-refractivity contribution in [2.45, 2.75) is 19.4 Å². The number of H-pyrrole nitrogens is 1. The van der Waals surface area contributed by atoms with Crippen LogP contribution in [-0.4, -0.2) is 30.7 Å². The maximum Gasteiger partial charge on any atom is 0.179 e. The molecule has 0 aliphatic carbocycles. The van der Waals surface area contributed by atoms with E-state index in [4.69, 9.17) is 21.1 Å². The minimum Gasteiger partial charge on any atom is -0.493 e. The standard InChI is InChI=1S/C15H20ClN3O2/c1-20-12-6-5-11(14(16)15(12)21-2)10-17-7-3-4-13-18-8-9-19-13/h5-6,8-9,17H,3-4,7,10H2,1-2H3,(H,18,19). The molecule has 0 bridgehead atoms. The van der Waals surface area contributed by atoms with Crippen LogP contribution < -0.4 is 14.8 Å². The maximum atomic E-state index is 6.33. The number of nitrogens with zero attached hydrogens (tertiary/aromatic N) is 1. The number of aromatic nitrogens is 2. The number of aromatic amines is 1. The molecule has 0 aliphatic heterocycles. The van der Waals surface area contributed by atoms with Crippen molar-refractivity contribution >= 4 is 11.6 Å². The molecule has 114 valence electrons. The van der Waals surface area contributed by atoms with Crippen molar-refractivity contribution in [3.05, 3.63) is 40.9 Å². The van der Waals surface area contributed by atoms with Crippen LogP contribution in [0.1, 0.15) is 17.8 Å². The number of hydrogen-bond acceptors (Lipinski definition) is 4. The zero-order valence-electron chi connectivity index (χ0n) is 12.3. The van der Waals surface area contributed by atoms with Gasteiger partial charge in [0.15, 0.2) is 11.5 Å². The number of halogens is 1. The molecule has 0 spiro atoms. The third-order valence-corrected chi connectivity index (χ3v) is 3.62.